The predicted molar refractivity (Wildman–Crippen MR) is 78.1 cm³/mol. The predicted octanol–water partition coefficient (Wildman–Crippen LogP) is 2.18. The number of fused-ring (bicyclic) bond motifs is 1. The molecule has 0 aliphatic heterocycles. The number of hydrogen-bond acceptors (Lipinski definition) is 4. The fourth-order valence-electron chi connectivity index (χ4n) is 1.52. The van der Waals surface area contributed by atoms with E-state index in [4.69, 9.17) is 9.11 Å². The summed E-state index contributed by atoms with van der Waals surface area (Å²) in [6.07, 6.45) is 0. The summed E-state index contributed by atoms with van der Waals surface area (Å²) in [5, 5.41) is 0.857. The van der Waals surface area contributed by atoms with Gasteiger partial charge in [0.1, 0.15) is 0 Å². The minimum absolute atomic E-state index is 0. The molecule has 2 aromatic carbocycles. The maximum absolute atomic E-state index is 10.9. The van der Waals surface area contributed by atoms with Crippen LogP contribution in [-0.4, -0.2) is 25.9 Å². The van der Waals surface area contributed by atoms with Gasteiger partial charge in [0.25, 0.3) is 20.2 Å². The van der Waals surface area contributed by atoms with E-state index in [-0.39, 0.29) is 34.6 Å². The molecule has 0 bridgehead atoms. The molecule has 10 heteroatoms. The molecule has 0 amide bonds. The van der Waals surface area contributed by atoms with Gasteiger partial charge in [-0.05, 0) is 35.0 Å². The first-order valence-corrected chi connectivity index (χ1v) is 7.55. The van der Waals surface area contributed by atoms with Crippen LogP contribution in [0.5, 0.6) is 0 Å². The minimum atomic E-state index is -4.30. The van der Waals surface area contributed by atoms with Gasteiger partial charge in [0.15, 0.2) is 0 Å². The Hall–Kier alpha value is -0.900. The molecule has 0 saturated carbocycles. The van der Waals surface area contributed by atoms with Crippen molar-refractivity contribution in [3.63, 3.8) is 0 Å². The van der Waals surface area contributed by atoms with Gasteiger partial charge in [-0.3, -0.25) is 9.11 Å². The van der Waals surface area contributed by atoms with Crippen LogP contribution in [-0.2, 0) is 20.2 Å². The zero-order chi connectivity index (χ0) is 13.6. The van der Waals surface area contributed by atoms with Crippen LogP contribution in [0.15, 0.2) is 46.2 Å². The lowest BCUT2D eigenvalue weighted by molar-refractivity contribution is 0.481. The van der Waals surface area contributed by atoms with Crippen molar-refractivity contribution in [2.75, 3.05) is 0 Å². The van der Waals surface area contributed by atoms with Crippen molar-refractivity contribution < 1.29 is 25.9 Å². The molecule has 0 saturated heterocycles. The van der Waals surface area contributed by atoms with Crippen molar-refractivity contribution >= 4 is 55.8 Å². The van der Waals surface area contributed by atoms with Crippen molar-refractivity contribution in [1.82, 2.24) is 0 Å². The van der Waals surface area contributed by atoms with E-state index in [1.165, 1.54) is 24.3 Å². The SMILES string of the molecule is Cl.Cl.O=S(=O)(O)c1ccc2cc(S(=O)(=O)O)ccc2c1. The Balaban J connectivity index is 0.00000180. The molecule has 2 aromatic rings. The van der Waals surface area contributed by atoms with Gasteiger partial charge in [-0.25, -0.2) is 0 Å². The van der Waals surface area contributed by atoms with Crippen LogP contribution in [0.2, 0.25) is 0 Å². The Bertz CT molecular complexity index is 759. The Labute approximate surface area is 128 Å². The Morgan fingerprint density at radius 1 is 0.650 bits per heavy atom. The fourth-order valence-corrected chi connectivity index (χ4v) is 2.55. The number of halogens is 2. The number of rotatable bonds is 2. The van der Waals surface area contributed by atoms with E-state index in [9.17, 15) is 16.8 Å². The van der Waals surface area contributed by atoms with Crippen LogP contribution in [0.1, 0.15) is 0 Å². The van der Waals surface area contributed by atoms with Gasteiger partial charge in [-0.15, -0.1) is 24.8 Å². The lowest BCUT2D eigenvalue weighted by Crippen LogP contribution is -1.99. The van der Waals surface area contributed by atoms with Crippen LogP contribution in [0.3, 0.4) is 0 Å². The first-order valence-electron chi connectivity index (χ1n) is 4.67. The third-order valence-electron chi connectivity index (χ3n) is 2.38. The second-order valence-electron chi connectivity index (χ2n) is 3.62. The first kappa shape index (κ1) is 19.1. The molecule has 0 radical (unpaired) electrons. The standard InChI is InChI=1S/C10H8O6S2.2ClH/c11-17(12,13)9-3-1-7-5-10(18(14,15)16)4-2-8(7)6-9;;/h1-6H,(H,11,12,13)(H,14,15,16);2*1H. The molecule has 2 rings (SSSR count). The van der Waals surface area contributed by atoms with Gasteiger partial charge in [0, 0.05) is 0 Å². The Kier molecular flexibility index (Phi) is 5.97. The van der Waals surface area contributed by atoms with E-state index in [1.54, 1.807) is 0 Å². The molecule has 0 heterocycles. The molecule has 0 aliphatic rings. The quantitative estimate of drug-likeness (QED) is 0.794. The third-order valence-corrected chi connectivity index (χ3v) is 4.08. The van der Waals surface area contributed by atoms with E-state index in [1.807, 2.05) is 0 Å². The molecule has 20 heavy (non-hydrogen) atoms. The van der Waals surface area contributed by atoms with Crippen molar-refractivity contribution in [1.29, 1.82) is 0 Å². The van der Waals surface area contributed by atoms with Crippen molar-refractivity contribution in [2.24, 2.45) is 0 Å². The van der Waals surface area contributed by atoms with Gasteiger partial charge >= 0.3 is 0 Å². The Morgan fingerprint density at radius 3 is 1.20 bits per heavy atom. The molecule has 0 aliphatic carbocycles. The minimum Gasteiger partial charge on any atom is -0.282 e. The lowest BCUT2D eigenvalue weighted by atomic mass is 10.1. The summed E-state index contributed by atoms with van der Waals surface area (Å²) in [6, 6.07) is 7.38. The summed E-state index contributed by atoms with van der Waals surface area (Å²) in [5.41, 5.74) is 0. The third kappa shape index (κ3) is 4.05. The molecular formula is C10H10Cl2O6S2. The van der Waals surface area contributed by atoms with E-state index in [2.05, 4.69) is 0 Å². The molecular weight excluding hydrogens is 351 g/mol. The first-order chi connectivity index (χ1) is 8.18. The summed E-state index contributed by atoms with van der Waals surface area (Å²) in [5.74, 6) is 0. The van der Waals surface area contributed by atoms with Crippen molar-refractivity contribution in [3.05, 3.63) is 36.4 Å². The Morgan fingerprint density at radius 2 is 0.950 bits per heavy atom. The summed E-state index contributed by atoms with van der Waals surface area (Å²) in [4.78, 5) is -0.566. The molecule has 0 atom stereocenters. The van der Waals surface area contributed by atoms with Gasteiger partial charge in [-0.2, -0.15) is 16.8 Å². The highest BCUT2D eigenvalue weighted by Gasteiger charge is 2.12. The van der Waals surface area contributed by atoms with E-state index in [0.29, 0.717) is 10.8 Å². The molecule has 2 N–H and O–H groups in total. The van der Waals surface area contributed by atoms with Crippen LogP contribution >= 0.6 is 24.8 Å². The van der Waals surface area contributed by atoms with Crippen LogP contribution in [0.4, 0.5) is 0 Å². The highest BCUT2D eigenvalue weighted by molar-refractivity contribution is 7.86. The van der Waals surface area contributed by atoms with Crippen LogP contribution < -0.4 is 0 Å². The highest BCUT2D eigenvalue weighted by atomic mass is 35.5. The van der Waals surface area contributed by atoms with Gasteiger partial charge in [-0.1, -0.05) is 12.1 Å². The molecule has 0 aromatic heterocycles. The smallest absolute Gasteiger partial charge is 0.282 e. The van der Waals surface area contributed by atoms with Gasteiger partial charge in [0.2, 0.25) is 0 Å². The van der Waals surface area contributed by atoms with Gasteiger partial charge < -0.3 is 0 Å². The van der Waals surface area contributed by atoms with Crippen molar-refractivity contribution in [2.45, 2.75) is 9.79 Å². The average Bonchev–Trinajstić information content (AvgIpc) is 2.25. The zero-order valence-corrected chi connectivity index (χ0v) is 12.9. The van der Waals surface area contributed by atoms with E-state index >= 15 is 0 Å². The van der Waals surface area contributed by atoms with Crippen LogP contribution in [0, 0.1) is 0 Å². The largest absolute Gasteiger partial charge is 0.294 e. The van der Waals surface area contributed by atoms with Crippen LogP contribution in [0.25, 0.3) is 10.8 Å². The monoisotopic (exact) mass is 360 g/mol. The topological polar surface area (TPSA) is 109 Å². The molecule has 6 nitrogen and oxygen atoms in total. The molecule has 0 spiro atoms. The summed E-state index contributed by atoms with van der Waals surface area (Å²) in [6.45, 7) is 0. The maximum Gasteiger partial charge on any atom is 0.294 e. The van der Waals surface area contributed by atoms with Gasteiger partial charge in [0.05, 0.1) is 9.79 Å². The second-order valence-corrected chi connectivity index (χ2v) is 6.46. The highest BCUT2D eigenvalue weighted by Crippen LogP contribution is 2.22. The maximum atomic E-state index is 10.9. The summed E-state index contributed by atoms with van der Waals surface area (Å²) in [7, 11) is -8.60. The molecule has 0 fully saturated rings. The number of hydrogen-bond donors (Lipinski definition) is 2. The second kappa shape index (κ2) is 6.25. The molecule has 0 unspecified atom stereocenters. The van der Waals surface area contributed by atoms with E-state index < -0.39 is 20.2 Å². The zero-order valence-electron chi connectivity index (χ0n) is 9.62. The lowest BCUT2D eigenvalue weighted by Gasteiger charge is -2.03. The molecule has 112 valence electrons. The van der Waals surface area contributed by atoms with E-state index in [0.717, 1.165) is 12.1 Å². The normalized spacial score (nSPS) is 11.5. The summed E-state index contributed by atoms with van der Waals surface area (Å²) >= 11 is 0. The average molecular weight is 361 g/mol. The van der Waals surface area contributed by atoms with Crippen molar-refractivity contribution in [3.8, 4) is 0 Å². The fraction of sp³-hybridized carbons (Fsp3) is 0. The number of benzene rings is 2. The summed E-state index contributed by atoms with van der Waals surface area (Å²) < 4.78 is 61.4.